The number of nitrogens with one attached hydrogen (secondary N) is 1. The third-order valence-corrected chi connectivity index (χ3v) is 4.86. The Kier molecular flexibility index (Phi) is 4.08. The van der Waals surface area contributed by atoms with Crippen molar-refractivity contribution in [3.8, 4) is 0 Å². The molecule has 4 nitrogen and oxygen atoms in total. The molecule has 3 rings (SSSR count). The maximum Gasteiger partial charge on any atom is 0.240 e. The van der Waals surface area contributed by atoms with Gasteiger partial charge >= 0.3 is 0 Å². The van der Waals surface area contributed by atoms with Gasteiger partial charge in [0.25, 0.3) is 0 Å². The molecule has 1 aliphatic carbocycles. The molecule has 1 amide bonds. The fraction of sp³-hybridized carbons (Fsp3) is 0.933. The van der Waals surface area contributed by atoms with Crippen LogP contribution in [0.25, 0.3) is 0 Å². The van der Waals surface area contributed by atoms with Crippen LogP contribution in [-0.2, 0) is 4.79 Å². The molecule has 0 radical (unpaired) electrons. The van der Waals surface area contributed by atoms with E-state index < -0.39 is 0 Å². The Morgan fingerprint density at radius 3 is 2.68 bits per heavy atom. The van der Waals surface area contributed by atoms with Gasteiger partial charge in [0.15, 0.2) is 0 Å². The van der Waals surface area contributed by atoms with Crippen molar-refractivity contribution in [2.45, 2.75) is 63.6 Å². The fourth-order valence-electron chi connectivity index (χ4n) is 3.52. The highest BCUT2D eigenvalue weighted by Gasteiger charge is 2.37. The number of nitrogens with zero attached hydrogens (tertiary/aromatic N) is 2. The zero-order valence-corrected chi connectivity index (χ0v) is 12.1. The summed E-state index contributed by atoms with van der Waals surface area (Å²) in [6.07, 6.45) is 7.16. The van der Waals surface area contributed by atoms with Gasteiger partial charge in [-0.2, -0.15) is 0 Å². The summed E-state index contributed by atoms with van der Waals surface area (Å²) in [5.41, 5.74) is 0. The largest absolute Gasteiger partial charge is 0.337 e. The third kappa shape index (κ3) is 3.11. The minimum Gasteiger partial charge on any atom is -0.337 e. The van der Waals surface area contributed by atoms with E-state index in [1.54, 1.807) is 0 Å². The number of amides is 1. The zero-order chi connectivity index (χ0) is 13.2. The van der Waals surface area contributed by atoms with Crippen molar-refractivity contribution in [3.05, 3.63) is 0 Å². The molecule has 1 saturated carbocycles. The number of carbonyl (C=O) groups is 1. The van der Waals surface area contributed by atoms with Crippen LogP contribution in [0.2, 0.25) is 0 Å². The predicted molar refractivity (Wildman–Crippen MR) is 76.0 cm³/mol. The maximum atomic E-state index is 12.6. The molecule has 4 heteroatoms. The van der Waals surface area contributed by atoms with Crippen LogP contribution >= 0.6 is 0 Å². The lowest BCUT2D eigenvalue weighted by atomic mass is 9.98. The van der Waals surface area contributed by atoms with Crippen LogP contribution in [0.4, 0.5) is 0 Å². The van der Waals surface area contributed by atoms with Crippen molar-refractivity contribution in [2.24, 2.45) is 0 Å². The van der Waals surface area contributed by atoms with Crippen molar-refractivity contribution in [1.82, 2.24) is 15.1 Å². The number of likely N-dealkylation sites (tertiary alicyclic amines) is 2. The molecule has 3 fully saturated rings. The Morgan fingerprint density at radius 1 is 1.16 bits per heavy atom. The molecular formula is C15H27N3O. The first-order valence-electron chi connectivity index (χ1n) is 8.07. The molecule has 108 valence electrons. The Balaban J connectivity index is 1.60. The molecule has 0 aromatic rings. The highest BCUT2D eigenvalue weighted by Crippen LogP contribution is 2.25. The van der Waals surface area contributed by atoms with E-state index in [1.807, 2.05) is 0 Å². The van der Waals surface area contributed by atoms with E-state index in [2.05, 4.69) is 22.0 Å². The van der Waals surface area contributed by atoms with Crippen molar-refractivity contribution >= 4 is 5.91 Å². The molecule has 3 aliphatic rings. The van der Waals surface area contributed by atoms with Crippen LogP contribution < -0.4 is 5.32 Å². The van der Waals surface area contributed by atoms with Gasteiger partial charge < -0.3 is 15.1 Å². The lowest BCUT2D eigenvalue weighted by Crippen LogP contribution is -2.58. The monoisotopic (exact) mass is 265 g/mol. The van der Waals surface area contributed by atoms with Crippen molar-refractivity contribution in [1.29, 1.82) is 0 Å². The van der Waals surface area contributed by atoms with E-state index in [9.17, 15) is 4.79 Å². The second-order valence-electron chi connectivity index (χ2n) is 6.36. The molecule has 0 aromatic heterocycles. The molecule has 2 unspecified atom stereocenters. The highest BCUT2D eigenvalue weighted by atomic mass is 16.2. The molecule has 0 bridgehead atoms. The van der Waals surface area contributed by atoms with Gasteiger partial charge in [-0.15, -0.1) is 0 Å². The average Bonchev–Trinajstić information content (AvgIpc) is 3.25. The first-order valence-corrected chi connectivity index (χ1v) is 8.07. The Morgan fingerprint density at radius 2 is 1.95 bits per heavy atom. The molecule has 0 aromatic carbocycles. The van der Waals surface area contributed by atoms with Crippen LogP contribution in [0.1, 0.15) is 45.4 Å². The van der Waals surface area contributed by atoms with E-state index in [-0.39, 0.29) is 6.04 Å². The Labute approximate surface area is 116 Å². The molecule has 2 atom stereocenters. The van der Waals surface area contributed by atoms with E-state index >= 15 is 0 Å². The van der Waals surface area contributed by atoms with Gasteiger partial charge in [0.2, 0.25) is 5.91 Å². The number of hydrogen-bond acceptors (Lipinski definition) is 3. The standard InChI is InChI=1S/C15H27N3O/c1-2-17-9-3-5-13(11-17)18-10-4-6-14(15(18)19)16-12-7-8-12/h12-14,16H,2-11H2,1H3. The van der Waals surface area contributed by atoms with E-state index in [0.29, 0.717) is 18.0 Å². The molecule has 0 spiro atoms. The molecule has 2 saturated heterocycles. The summed E-state index contributed by atoms with van der Waals surface area (Å²) in [5, 5.41) is 3.53. The maximum absolute atomic E-state index is 12.6. The van der Waals surface area contributed by atoms with Crippen LogP contribution in [0, 0.1) is 0 Å². The van der Waals surface area contributed by atoms with E-state index in [0.717, 1.165) is 26.1 Å². The minimum atomic E-state index is 0.109. The van der Waals surface area contributed by atoms with E-state index in [4.69, 9.17) is 0 Å². The lowest BCUT2D eigenvalue weighted by molar-refractivity contribution is -0.139. The second-order valence-corrected chi connectivity index (χ2v) is 6.36. The number of carbonyl (C=O) groups excluding carboxylic acids is 1. The van der Waals surface area contributed by atoms with Gasteiger partial charge in [-0.05, 0) is 51.6 Å². The lowest BCUT2D eigenvalue weighted by Gasteiger charge is -2.42. The summed E-state index contributed by atoms with van der Waals surface area (Å²) in [5.74, 6) is 0.376. The van der Waals surface area contributed by atoms with Gasteiger partial charge in [0, 0.05) is 25.2 Å². The van der Waals surface area contributed by atoms with Gasteiger partial charge in [0.1, 0.15) is 0 Å². The minimum absolute atomic E-state index is 0.109. The van der Waals surface area contributed by atoms with Crippen LogP contribution in [-0.4, -0.2) is 60.0 Å². The van der Waals surface area contributed by atoms with Crippen molar-refractivity contribution in [3.63, 3.8) is 0 Å². The van der Waals surface area contributed by atoms with Crippen LogP contribution in [0.15, 0.2) is 0 Å². The Hall–Kier alpha value is -0.610. The molecule has 2 aliphatic heterocycles. The SMILES string of the molecule is CCN1CCCC(N2CCCC(NC3CC3)C2=O)C1. The van der Waals surface area contributed by atoms with Gasteiger partial charge in [-0.1, -0.05) is 6.92 Å². The summed E-state index contributed by atoms with van der Waals surface area (Å²) >= 11 is 0. The topological polar surface area (TPSA) is 35.6 Å². The second kappa shape index (κ2) is 5.80. The predicted octanol–water partition coefficient (Wildman–Crippen LogP) is 1.21. The first kappa shape index (κ1) is 13.4. The summed E-state index contributed by atoms with van der Waals surface area (Å²) in [6.45, 7) is 6.60. The third-order valence-electron chi connectivity index (χ3n) is 4.86. The summed E-state index contributed by atoms with van der Waals surface area (Å²) in [6, 6.07) is 1.20. The fourth-order valence-corrected chi connectivity index (χ4v) is 3.52. The molecule has 19 heavy (non-hydrogen) atoms. The number of likely N-dealkylation sites (N-methyl/N-ethyl adjacent to an activating group) is 1. The smallest absolute Gasteiger partial charge is 0.240 e. The van der Waals surface area contributed by atoms with Crippen LogP contribution in [0.5, 0.6) is 0 Å². The molecular weight excluding hydrogens is 238 g/mol. The van der Waals surface area contributed by atoms with Gasteiger partial charge in [0.05, 0.1) is 6.04 Å². The zero-order valence-electron chi connectivity index (χ0n) is 12.1. The highest BCUT2D eigenvalue weighted by molar-refractivity contribution is 5.83. The van der Waals surface area contributed by atoms with Crippen molar-refractivity contribution < 1.29 is 4.79 Å². The van der Waals surface area contributed by atoms with Crippen LogP contribution in [0.3, 0.4) is 0 Å². The quantitative estimate of drug-likeness (QED) is 0.830. The number of piperidine rings is 2. The average molecular weight is 265 g/mol. The molecule has 1 N–H and O–H groups in total. The normalized spacial score (nSPS) is 33.7. The summed E-state index contributed by atoms with van der Waals surface area (Å²) in [7, 11) is 0. The molecule has 2 heterocycles. The van der Waals surface area contributed by atoms with Crippen molar-refractivity contribution in [2.75, 3.05) is 26.2 Å². The summed E-state index contributed by atoms with van der Waals surface area (Å²) < 4.78 is 0. The van der Waals surface area contributed by atoms with Gasteiger partial charge in [-0.25, -0.2) is 0 Å². The number of hydrogen-bond donors (Lipinski definition) is 1. The van der Waals surface area contributed by atoms with Gasteiger partial charge in [-0.3, -0.25) is 4.79 Å². The Bertz CT molecular complexity index is 329. The number of rotatable bonds is 4. The summed E-state index contributed by atoms with van der Waals surface area (Å²) in [4.78, 5) is 17.3. The first-order chi connectivity index (χ1) is 9.28. The van der Waals surface area contributed by atoms with E-state index in [1.165, 1.54) is 38.6 Å².